The molecule has 0 aliphatic heterocycles. The predicted octanol–water partition coefficient (Wildman–Crippen LogP) is 3.95. The minimum atomic E-state index is 0.423. The lowest BCUT2D eigenvalue weighted by Crippen LogP contribution is -1.99. The Kier molecular flexibility index (Phi) is 2.97. The summed E-state index contributed by atoms with van der Waals surface area (Å²) in [4.78, 5) is 4.70. The summed E-state index contributed by atoms with van der Waals surface area (Å²) in [7, 11) is 2.08. The molecule has 0 spiro atoms. The van der Waals surface area contributed by atoms with Crippen LogP contribution in [0.2, 0.25) is 0 Å². The maximum Gasteiger partial charge on any atom is 0.112 e. The van der Waals surface area contributed by atoms with Crippen molar-refractivity contribution in [2.45, 2.75) is 19.8 Å². The van der Waals surface area contributed by atoms with Crippen LogP contribution >= 0.6 is 0 Å². The minimum absolute atomic E-state index is 0.423. The van der Waals surface area contributed by atoms with E-state index < -0.39 is 0 Å². The van der Waals surface area contributed by atoms with Crippen LogP contribution < -0.4 is 5.73 Å². The summed E-state index contributed by atoms with van der Waals surface area (Å²) < 4.78 is 2.18. The lowest BCUT2D eigenvalue weighted by atomic mass is 10.0. The minimum Gasteiger partial charge on any atom is -0.399 e. The highest BCUT2D eigenvalue weighted by Gasteiger charge is 2.11. The molecule has 0 bridgehead atoms. The van der Waals surface area contributed by atoms with Gasteiger partial charge >= 0.3 is 0 Å². The summed E-state index contributed by atoms with van der Waals surface area (Å²) in [6, 6.07) is 14.4. The van der Waals surface area contributed by atoms with E-state index in [1.165, 1.54) is 16.6 Å². The highest BCUT2D eigenvalue weighted by molar-refractivity contribution is 5.83. The Morgan fingerprint density at radius 3 is 2.30 bits per heavy atom. The van der Waals surface area contributed by atoms with Gasteiger partial charge < -0.3 is 10.3 Å². The highest BCUT2D eigenvalue weighted by atomic mass is 15.1. The van der Waals surface area contributed by atoms with Crippen molar-refractivity contribution < 1.29 is 0 Å². The molecule has 3 rings (SSSR count). The number of hydrogen-bond acceptors (Lipinski definition) is 2. The van der Waals surface area contributed by atoms with E-state index in [1.54, 1.807) is 0 Å². The second-order valence-corrected chi connectivity index (χ2v) is 5.51. The fraction of sp³-hybridized carbons (Fsp3) is 0.235. The van der Waals surface area contributed by atoms with Gasteiger partial charge in [-0.15, -0.1) is 0 Å². The van der Waals surface area contributed by atoms with Gasteiger partial charge in [-0.25, -0.2) is 4.98 Å². The standard InChI is InChI=1S/C17H19N3/c1-11(2)17-19-15-9-6-13(10-16(15)20(17)3)12-4-7-14(18)8-5-12/h4-11H,18H2,1-3H3. The fourth-order valence-electron chi connectivity index (χ4n) is 2.58. The largest absolute Gasteiger partial charge is 0.399 e. The molecular formula is C17H19N3. The molecule has 0 atom stereocenters. The first kappa shape index (κ1) is 12.7. The van der Waals surface area contributed by atoms with Gasteiger partial charge in [0.2, 0.25) is 0 Å². The molecule has 0 fully saturated rings. The lowest BCUT2D eigenvalue weighted by molar-refractivity contribution is 0.722. The molecule has 1 heterocycles. The number of aryl methyl sites for hydroxylation is 1. The maximum absolute atomic E-state index is 5.74. The molecule has 1 aromatic heterocycles. The second-order valence-electron chi connectivity index (χ2n) is 5.51. The quantitative estimate of drug-likeness (QED) is 0.713. The third-order valence-electron chi connectivity index (χ3n) is 3.68. The van der Waals surface area contributed by atoms with Crippen molar-refractivity contribution in [3.05, 3.63) is 48.3 Å². The molecule has 0 saturated heterocycles. The molecule has 0 amide bonds. The van der Waals surface area contributed by atoms with E-state index in [9.17, 15) is 0 Å². The molecule has 20 heavy (non-hydrogen) atoms. The first-order valence-corrected chi connectivity index (χ1v) is 6.88. The van der Waals surface area contributed by atoms with Gasteiger partial charge in [-0.1, -0.05) is 32.0 Å². The van der Waals surface area contributed by atoms with Crippen LogP contribution in [0.3, 0.4) is 0 Å². The van der Waals surface area contributed by atoms with E-state index in [1.807, 2.05) is 12.1 Å². The number of imidazole rings is 1. The molecule has 3 nitrogen and oxygen atoms in total. The molecule has 102 valence electrons. The zero-order chi connectivity index (χ0) is 14.3. The van der Waals surface area contributed by atoms with Gasteiger partial charge in [0.1, 0.15) is 5.82 Å². The van der Waals surface area contributed by atoms with Crippen molar-refractivity contribution in [3.8, 4) is 11.1 Å². The normalized spacial score (nSPS) is 11.4. The number of nitrogen functional groups attached to an aromatic ring is 1. The third kappa shape index (κ3) is 2.05. The van der Waals surface area contributed by atoms with Crippen LogP contribution in [-0.4, -0.2) is 9.55 Å². The number of aromatic nitrogens is 2. The van der Waals surface area contributed by atoms with Crippen LogP contribution in [0, 0.1) is 0 Å². The molecule has 2 N–H and O–H groups in total. The smallest absolute Gasteiger partial charge is 0.112 e. The number of rotatable bonds is 2. The zero-order valence-corrected chi connectivity index (χ0v) is 12.1. The van der Waals surface area contributed by atoms with Crippen LogP contribution in [0.15, 0.2) is 42.5 Å². The van der Waals surface area contributed by atoms with Gasteiger partial charge in [-0.05, 0) is 35.4 Å². The highest BCUT2D eigenvalue weighted by Crippen LogP contribution is 2.27. The number of benzene rings is 2. The first-order valence-electron chi connectivity index (χ1n) is 6.88. The Labute approximate surface area is 119 Å². The van der Waals surface area contributed by atoms with E-state index >= 15 is 0 Å². The van der Waals surface area contributed by atoms with Crippen molar-refractivity contribution >= 4 is 16.7 Å². The summed E-state index contributed by atoms with van der Waals surface area (Å²) in [5.41, 5.74) is 11.1. The number of nitrogens with two attached hydrogens (primary N) is 1. The SMILES string of the molecule is CC(C)c1nc2ccc(-c3ccc(N)cc3)cc2n1C. The van der Waals surface area contributed by atoms with E-state index in [2.05, 4.69) is 55.8 Å². The van der Waals surface area contributed by atoms with Gasteiger partial charge in [0, 0.05) is 18.7 Å². The van der Waals surface area contributed by atoms with E-state index in [-0.39, 0.29) is 0 Å². The summed E-state index contributed by atoms with van der Waals surface area (Å²) >= 11 is 0. The molecular weight excluding hydrogens is 246 g/mol. The molecule has 0 radical (unpaired) electrons. The summed E-state index contributed by atoms with van der Waals surface area (Å²) in [5, 5.41) is 0. The van der Waals surface area contributed by atoms with Crippen LogP contribution in [0.5, 0.6) is 0 Å². The van der Waals surface area contributed by atoms with E-state index in [0.29, 0.717) is 5.92 Å². The number of nitrogens with zero attached hydrogens (tertiary/aromatic N) is 2. The van der Waals surface area contributed by atoms with Crippen LogP contribution in [0.1, 0.15) is 25.6 Å². The van der Waals surface area contributed by atoms with Crippen molar-refractivity contribution in [1.29, 1.82) is 0 Å². The Morgan fingerprint density at radius 2 is 1.65 bits per heavy atom. The number of anilines is 1. The van der Waals surface area contributed by atoms with Gasteiger partial charge in [-0.2, -0.15) is 0 Å². The van der Waals surface area contributed by atoms with Gasteiger partial charge in [0.25, 0.3) is 0 Å². The lowest BCUT2D eigenvalue weighted by Gasteiger charge is -2.06. The van der Waals surface area contributed by atoms with Crippen molar-refractivity contribution in [2.24, 2.45) is 7.05 Å². The van der Waals surface area contributed by atoms with Gasteiger partial charge in [0.05, 0.1) is 11.0 Å². The van der Waals surface area contributed by atoms with Crippen molar-refractivity contribution in [3.63, 3.8) is 0 Å². The Bertz CT molecular complexity index is 752. The molecule has 0 unspecified atom stereocenters. The van der Waals surface area contributed by atoms with Gasteiger partial charge in [0.15, 0.2) is 0 Å². The summed E-state index contributed by atoms with van der Waals surface area (Å²) in [6.07, 6.45) is 0. The molecule has 0 aliphatic carbocycles. The Balaban J connectivity index is 2.15. The Morgan fingerprint density at radius 1 is 1.00 bits per heavy atom. The van der Waals surface area contributed by atoms with Crippen LogP contribution in [0.4, 0.5) is 5.69 Å². The fourth-order valence-corrected chi connectivity index (χ4v) is 2.58. The average Bonchev–Trinajstić information content (AvgIpc) is 2.77. The predicted molar refractivity (Wildman–Crippen MR) is 84.7 cm³/mol. The summed E-state index contributed by atoms with van der Waals surface area (Å²) in [6.45, 7) is 4.34. The van der Waals surface area contributed by atoms with E-state index in [0.717, 1.165) is 17.0 Å². The number of hydrogen-bond donors (Lipinski definition) is 1. The van der Waals surface area contributed by atoms with Gasteiger partial charge in [-0.3, -0.25) is 0 Å². The van der Waals surface area contributed by atoms with Crippen LogP contribution in [0.25, 0.3) is 22.2 Å². The molecule has 3 heteroatoms. The first-order chi connectivity index (χ1) is 9.56. The van der Waals surface area contributed by atoms with Crippen molar-refractivity contribution in [2.75, 3.05) is 5.73 Å². The topological polar surface area (TPSA) is 43.8 Å². The van der Waals surface area contributed by atoms with E-state index in [4.69, 9.17) is 10.7 Å². The number of fused-ring (bicyclic) bond motifs is 1. The molecule has 0 saturated carbocycles. The average molecular weight is 265 g/mol. The monoisotopic (exact) mass is 265 g/mol. The summed E-state index contributed by atoms with van der Waals surface area (Å²) in [5.74, 6) is 1.54. The van der Waals surface area contributed by atoms with Crippen LogP contribution in [-0.2, 0) is 7.05 Å². The molecule has 2 aromatic carbocycles. The Hall–Kier alpha value is -2.29. The maximum atomic E-state index is 5.74. The zero-order valence-electron chi connectivity index (χ0n) is 12.1. The second kappa shape index (κ2) is 4.67. The third-order valence-corrected chi connectivity index (χ3v) is 3.68. The molecule has 3 aromatic rings. The van der Waals surface area contributed by atoms with Crippen molar-refractivity contribution in [1.82, 2.24) is 9.55 Å². The molecule has 0 aliphatic rings.